The molecule has 0 aromatic carbocycles. The maximum atomic E-state index is 13.5. The van der Waals surface area contributed by atoms with E-state index in [1.807, 2.05) is 22.9 Å². The molecule has 2 aliphatic heterocycles. The number of imidazole rings is 2. The lowest BCUT2D eigenvalue weighted by molar-refractivity contribution is -0.143. The van der Waals surface area contributed by atoms with E-state index in [1.54, 1.807) is 12.3 Å². The second-order valence-electron chi connectivity index (χ2n) is 10.2. The van der Waals surface area contributed by atoms with Crippen LogP contribution in [0, 0.1) is 17.3 Å². The highest BCUT2D eigenvalue weighted by atomic mass is 32.2. The van der Waals surface area contributed by atoms with Crippen LogP contribution in [0.3, 0.4) is 0 Å². The third-order valence-electron chi connectivity index (χ3n) is 8.30. The van der Waals surface area contributed by atoms with Gasteiger partial charge >= 0.3 is 6.18 Å². The summed E-state index contributed by atoms with van der Waals surface area (Å²) in [5.74, 6) is 1.64. The molecule has 4 aromatic heterocycles. The number of hydrogen-bond donors (Lipinski definition) is 1. The Morgan fingerprint density at radius 3 is 2.70 bits per heavy atom. The van der Waals surface area contributed by atoms with Crippen molar-refractivity contribution in [1.82, 2.24) is 19.4 Å². The second-order valence-corrected chi connectivity index (χ2v) is 11.3. The summed E-state index contributed by atoms with van der Waals surface area (Å²) >= 11 is 1.02. The lowest BCUT2D eigenvalue weighted by atomic mass is 9.73. The number of aromatic nitrogens is 4. The molecule has 7 rings (SSSR count). The summed E-state index contributed by atoms with van der Waals surface area (Å²) in [4.78, 5) is 20.3. The zero-order valence-electron chi connectivity index (χ0n) is 19.8. The third-order valence-corrected chi connectivity index (χ3v) is 9.39. The van der Waals surface area contributed by atoms with E-state index in [0.717, 1.165) is 67.3 Å². The van der Waals surface area contributed by atoms with Crippen LogP contribution in [0.2, 0.25) is 0 Å². The molecular formula is C26H24F3N7S. The molecule has 1 saturated heterocycles. The van der Waals surface area contributed by atoms with Crippen molar-refractivity contribution in [3.05, 3.63) is 54.6 Å². The van der Waals surface area contributed by atoms with Crippen LogP contribution in [0.15, 0.2) is 63.7 Å². The van der Waals surface area contributed by atoms with Crippen LogP contribution in [0.25, 0.3) is 16.8 Å². The molecule has 3 atom stereocenters. The Morgan fingerprint density at radius 1 is 1.08 bits per heavy atom. The van der Waals surface area contributed by atoms with Gasteiger partial charge in [0.05, 0.1) is 11.1 Å². The summed E-state index contributed by atoms with van der Waals surface area (Å²) in [7, 11) is 0. The van der Waals surface area contributed by atoms with Crippen molar-refractivity contribution in [3.63, 3.8) is 0 Å². The number of allylic oxidation sites excluding steroid dienone is 1. The van der Waals surface area contributed by atoms with E-state index in [2.05, 4.69) is 25.9 Å². The Bertz CT molecular complexity index is 1540. The van der Waals surface area contributed by atoms with E-state index in [1.165, 1.54) is 12.1 Å². The Hall–Kier alpha value is -3.18. The van der Waals surface area contributed by atoms with Gasteiger partial charge < -0.3 is 10.6 Å². The molecular weight excluding hydrogens is 499 g/mol. The summed E-state index contributed by atoms with van der Waals surface area (Å²) in [6.07, 6.45) is 7.58. The number of piperidine rings is 1. The van der Waals surface area contributed by atoms with Crippen molar-refractivity contribution >= 4 is 40.6 Å². The van der Waals surface area contributed by atoms with Gasteiger partial charge in [-0.2, -0.15) is 13.2 Å². The van der Waals surface area contributed by atoms with Crippen LogP contribution in [-0.2, 0) is 6.18 Å². The summed E-state index contributed by atoms with van der Waals surface area (Å²) in [6.45, 7) is 1.70. The van der Waals surface area contributed by atoms with Crippen molar-refractivity contribution in [1.29, 1.82) is 0 Å². The zero-order chi connectivity index (χ0) is 25.4. The van der Waals surface area contributed by atoms with E-state index in [4.69, 9.17) is 10.7 Å². The zero-order valence-corrected chi connectivity index (χ0v) is 20.6. The molecule has 1 saturated carbocycles. The van der Waals surface area contributed by atoms with E-state index >= 15 is 0 Å². The first-order valence-electron chi connectivity index (χ1n) is 12.3. The number of anilines is 1. The molecule has 3 aliphatic rings. The van der Waals surface area contributed by atoms with Gasteiger partial charge in [0.15, 0.2) is 17.2 Å². The topological polar surface area (TPSA) is 84.7 Å². The first kappa shape index (κ1) is 23.0. The van der Waals surface area contributed by atoms with Crippen LogP contribution < -0.4 is 10.6 Å². The van der Waals surface area contributed by atoms with E-state index in [9.17, 15) is 13.2 Å². The average molecular weight is 524 g/mol. The van der Waals surface area contributed by atoms with Crippen molar-refractivity contribution in [2.45, 2.75) is 41.3 Å². The number of rotatable bonds is 3. The summed E-state index contributed by atoms with van der Waals surface area (Å²) in [5.41, 5.74) is 8.17. The number of nitrogens with zero attached hydrogens (tertiary/aromatic N) is 6. The van der Waals surface area contributed by atoms with Gasteiger partial charge in [0, 0.05) is 48.6 Å². The fraction of sp³-hybridized carbons (Fsp3) is 0.385. The van der Waals surface area contributed by atoms with Crippen molar-refractivity contribution in [2.24, 2.45) is 28.0 Å². The number of fused-ring (bicyclic) bond motifs is 1. The maximum Gasteiger partial charge on any atom is 0.434 e. The highest BCUT2D eigenvalue weighted by Crippen LogP contribution is 2.52. The predicted octanol–water partition coefficient (Wildman–Crippen LogP) is 5.03. The van der Waals surface area contributed by atoms with Crippen molar-refractivity contribution < 1.29 is 13.2 Å². The van der Waals surface area contributed by atoms with Crippen LogP contribution in [0.1, 0.15) is 25.0 Å². The fourth-order valence-corrected chi connectivity index (χ4v) is 7.43. The second kappa shape index (κ2) is 8.16. The minimum atomic E-state index is -4.53. The molecule has 0 bridgehead atoms. The number of hydrogen-bond acceptors (Lipinski definition) is 7. The lowest BCUT2D eigenvalue weighted by Crippen LogP contribution is -2.49. The van der Waals surface area contributed by atoms with Crippen LogP contribution in [0.4, 0.5) is 19.0 Å². The Balaban J connectivity index is 1.17. The third kappa shape index (κ3) is 3.54. The van der Waals surface area contributed by atoms with Gasteiger partial charge in [0.1, 0.15) is 11.2 Å². The molecule has 1 spiro atoms. The molecule has 1 aliphatic carbocycles. The average Bonchev–Trinajstić information content (AvgIpc) is 3.56. The summed E-state index contributed by atoms with van der Waals surface area (Å²) in [6, 6.07) is 6.67. The number of halogens is 3. The van der Waals surface area contributed by atoms with E-state index in [0.29, 0.717) is 22.4 Å². The molecule has 7 nitrogen and oxygen atoms in total. The lowest BCUT2D eigenvalue weighted by Gasteiger charge is -2.42. The number of aliphatic imine (C=N–C) groups is 1. The van der Waals surface area contributed by atoms with Crippen molar-refractivity contribution in [3.8, 4) is 0 Å². The first-order valence-corrected chi connectivity index (χ1v) is 13.2. The Morgan fingerprint density at radius 2 is 1.92 bits per heavy atom. The van der Waals surface area contributed by atoms with Crippen LogP contribution in [0.5, 0.6) is 0 Å². The largest absolute Gasteiger partial charge is 0.434 e. The number of alkyl halides is 3. The van der Waals surface area contributed by atoms with E-state index < -0.39 is 11.9 Å². The normalized spacial score (nSPS) is 25.1. The number of nitrogens with two attached hydrogens (primary N) is 1. The first-order chi connectivity index (χ1) is 17.8. The van der Waals surface area contributed by atoms with Gasteiger partial charge in [-0.3, -0.25) is 14.4 Å². The van der Waals surface area contributed by atoms with E-state index in [-0.39, 0.29) is 16.4 Å². The standard InChI is InChI=1S/C26H24F3N7S/c27-26(28,29)22-18(2-1-8-32-22)37-19-3-4-20-34-23(17-14-33-24(19)36(17)20)35-10-6-25(7-11-35)12-15-5-9-31-13-16(15)21(25)30/h1-5,8-9,13-16,21H,6-7,10-12,30H2/t15?,16?,21-/m0/s1. The number of pyridine rings is 2. The van der Waals surface area contributed by atoms with Crippen LogP contribution in [-0.4, -0.2) is 44.7 Å². The monoisotopic (exact) mass is 523 g/mol. The molecule has 6 heterocycles. The molecule has 11 heteroatoms. The smallest absolute Gasteiger partial charge is 0.355 e. The van der Waals surface area contributed by atoms with Crippen molar-refractivity contribution in [2.75, 3.05) is 18.0 Å². The fourth-order valence-electron chi connectivity index (χ4n) is 6.41. The molecule has 0 radical (unpaired) electrons. The molecule has 0 amide bonds. The van der Waals surface area contributed by atoms with Gasteiger partial charge in [-0.15, -0.1) is 0 Å². The van der Waals surface area contributed by atoms with Gasteiger partial charge in [-0.25, -0.2) is 9.97 Å². The minimum absolute atomic E-state index is 0.0456. The van der Waals surface area contributed by atoms with Gasteiger partial charge in [0.25, 0.3) is 0 Å². The van der Waals surface area contributed by atoms with Gasteiger partial charge in [0.2, 0.25) is 0 Å². The molecule has 190 valence electrons. The molecule has 37 heavy (non-hydrogen) atoms. The van der Waals surface area contributed by atoms with Gasteiger partial charge in [-0.1, -0.05) is 17.8 Å². The SMILES string of the molecule is N[C@H]1C2C=NC=CC2CC12CCN(c1nc3ccc(Sc4cccnc4C(F)(F)F)c4ncc1n34)CC2. The Kier molecular flexibility index (Phi) is 5.07. The maximum absolute atomic E-state index is 13.5. The molecule has 2 N–H and O–H groups in total. The highest BCUT2D eigenvalue weighted by Gasteiger charge is 2.52. The predicted molar refractivity (Wildman–Crippen MR) is 136 cm³/mol. The Labute approximate surface area is 215 Å². The molecule has 2 unspecified atom stereocenters. The quantitative estimate of drug-likeness (QED) is 0.405. The van der Waals surface area contributed by atoms with Gasteiger partial charge in [-0.05, 0) is 54.9 Å². The minimum Gasteiger partial charge on any atom is -0.355 e. The van der Waals surface area contributed by atoms with Crippen LogP contribution >= 0.6 is 11.8 Å². The summed E-state index contributed by atoms with van der Waals surface area (Å²) in [5, 5.41) is 0. The highest BCUT2D eigenvalue weighted by molar-refractivity contribution is 7.99. The summed E-state index contributed by atoms with van der Waals surface area (Å²) < 4.78 is 42.4. The molecule has 2 fully saturated rings. The molecule has 4 aromatic rings.